The Bertz CT molecular complexity index is 529. The topological polar surface area (TPSA) is 32.3 Å². The van der Waals surface area contributed by atoms with E-state index in [4.69, 9.17) is 0 Å². The highest BCUT2D eigenvalue weighted by Crippen LogP contribution is 2.18. The van der Waals surface area contributed by atoms with Gasteiger partial charge in [0.05, 0.1) is 0 Å². The number of nitrogens with one attached hydrogen (secondary N) is 1. The van der Waals surface area contributed by atoms with Gasteiger partial charge in [0, 0.05) is 23.9 Å². The molecule has 0 aliphatic heterocycles. The normalized spacial score (nSPS) is 10.2. The van der Waals surface area contributed by atoms with Gasteiger partial charge in [-0.1, -0.05) is 18.2 Å². The van der Waals surface area contributed by atoms with Crippen LogP contribution in [0.5, 0.6) is 5.75 Å². The molecule has 88 valence electrons. The van der Waals surface area contributed by atoms with Crippen molar-refractivity contribution in [1.82, 2.24) is 0 Å². The predicted molar refractivity (Wildman–Crippen MR) is 61.8 cm³/mol. The molecule has 2 rings (SSSR count). The molecule has 0 saturated heterocycles. The molecule has 2 aromatic rings. The van der Waals surface area contributed by atoms with Crippen LogP contribution in [0.1, 0.15) is 5.56 Å². The summed E-state index contributed by atoms with van der Waals surface area (Å²) in [5.41, 5.74) is 1.16. The summed E-state index contributed by atoms with van der Waals surface area (Å²) in [4.78, 5) is 0. The molecule has 0 radical (unpaired) electrons. The van der Waals surface area contributed by atoms with Gasteiger partial charge in [0.15, 0.2) is 11.6 Å². The third kappa shape index (κ3) is 2.72. The largest absolute Gasteiger partial charge is 0.508 e. The minimum absolute atomic E-state index is 0.169. The maximum Gasteiger partial charge on any atom is 0.160 e. The fourth-order valence-electron chi connectivity index (χ4n) is 1.46. The summed E-state index contributed by atoms with van der Waals surface area (Å²) in [6.45, 7) is 0.345. The molecule has 0 unspecified atom stereocenters. The molecule has 0 atom stereocenters. The molecule has 0 heterocycles. The standard InChI is InChI=1S/C13H11F2NO/c14-11-6-5-10(7-12(11)15)16-8-9-3-1-2-4-13(9)17/h1-7,16-17H,8H2. The number of halogens is 2. The number of anilines is 1. The van der Waals surface area contributed by atoms with Crippen molar-refractivity contribution in [1.29, 1.82) is 0 Å². The van der Waals surface area contributed by atoms with Crippen molar-refractivity contribution in [3.8, 4) is 5.75 Å². The molecule has 0 aliphatic rings. The summed E-state index contributed by atoms with van der Waals surface area (Å²) < 4.78 is 25.6. The number of hydrogen-bond acceptors (Lipinski definition) is 2. The zero-order valence-corrected chi connectivity index (χ0v) is 8.95. The number of hydrogen-bond donors (Lipinski definition) is 2. The summed E-state index contributed by atoms with van der Waals surface area (Å²) in [6.07, 6.45) is 0. The second kappa shape index (κ2) is 4.82. The van der Waals surface area contributed by atoms with E-state index in [1.54, 1.807) is 24.3 Å². The van der Waals surface area contributed by atoms with Gasteiger partial charge in [0.2, 0.25) is 0 Å². The van der Waals surface area contributed by atoms with E-state index >= 15 is 0 Å². The van der Waals surface area contributed by atoms with Gasteiger partial charge in [-0.15, -0.1) is 0 Å². The quantitative estimate of drug-likeness (QED) is 0.855. The average molecular weight is 235 g/mol. The van der Waals surface area contributed by atoms with Gasteiger partial charge in [0.25, 0.3) is 0 Å². The van der Waals surface area contributed by atoms with Gasteiger partial charge in [-0.2, -0.15) is 0 Å². The fraction of sp³-hybridized carbons (Fsp3) is 0.0769. The zero-order valence-electron chi connectivity index (χ0n) is 8.95. The van der Waals surface area contributed by atoms with Crippen LogP contribution in [-0.4, -0.2) is 5.11 Å². The molecular formula is C13H11F2NO. The van der Waals surface area contributed by atoms with E-state index in [0.29, 0.717) is 17.8 Å². The third-order valence-corrected chi connectivity index (χ3v) is 2.39. The van der Waals surface area contributed by atoms with E-state index in [0.717, 1.165) is 12.1 Å². The maximum absolute atomic E-state index is 12.9. The molecule has 17 heavy (non-hydrogen) atoms. The van der Waals surface area contributed by atoms with E-state index in [2.05, 4.69) is 5.32 Å². The number of phenols is 1. The van der Waals surface area contributed by atoms with E-state index in [9.17, 15) is 13.9 Å². The zero-order chi connectivity index (χ0) is 12.3. The number of benzene rings is 2. The second-order valence-electron chi connectivity index (χ2n) is 3.61. The first-order chi connectivity index (χ1) is 8.16. The molecule has 0 aromatic heterocycles. The smallest absolute Gasteiger partial charge is 0.160 e. The summed E-state index contributed by atoms with van der Waals surface area (Å²) in [5.74, 6) is -1.60. The summed E-state index contributed by atoms with van der Waals surface area (Å²) >= 11 is 0. The van der Waals surface area contributed by atoms with E-state index < -0.39 is 11.6 Å². The number of phenolic OH excluding ortho intramolecular Hbond substituents is 1. The van der Waals surface area contributed by atoms with Crippen LogP contribution >= 0.6 is 0 Å². The fourth-order valence-corrected chi connectivity index (χ4v) is 1.46. The molecule has 0 amide bonds. The first-order valence-corrected chi connectivity index (χ1v) is 5.12. The molecule has 0 spiro atoms. The lowest BCUT2D eigenvalue weighted by Gasteiger charge is -2.08. The molecule has 2 aromatic carbocycles. The van der Waals surface area contributed by atoms with Gasteiger partial charge in [-0.3, -0.25) is 0 Å². The van der Waals surface area contributed by atoms with Crippen LogP contribution in [0.4, 0.5) is 14.5 Å². The maximum atomic E-state index is 12.9. The van der Waals surface area contributed by atoms with Crippen LogP contribution in [0, 0.1) is 11.6 Å². The van der Waals surface area contributed by atoms with Gasteiger partial charge in [-0.05, 0) is 18.2 Å². The average Bonchev–Trinajstić information content (AvgIpc) is 2.32. The highest BCUT2D eigenvalue weighted by Gasteiger charge is 2.03. The van der Waals surface area contributed by atoms with Gasteiger partial charge >= 0.3 is 0 Å². The minimum atomic E-state index is -0.896. The summed E-state index contributed by atoms with van der Waals surface area (Å²) in [5, 5.41) is 12.4. The highest BCUT2D eigenvalue weighted by molar-refractivity contribution is 5.45. The van der Waals surface area contributed by atoms with Crippen molar-refractivity contribution >= 4 is 5.69 Å². The lowest BCUT2D eigenvalue weighted by molar-refractivity contribution is 0.469. The molecule has 0 fully saturated rings. The van der Waals surface area contributed by atoms with Gasteiger partial charge in [-0.25, -0.2) is 8.78 Å². The molecule has 0 aliphatic carbocycles. The molecule has 0 saturated carbocycles. The highest BCUT2D eigenvalue weighted by atomic mass is 19.2. The van der Waals surface area contributed by atoms with Crippen molar-refractivity contribution < 1.29 is 13.9 Å². The minimum Gasteiger partial charge on any atom is -0.508 e. The first-order valence-electron chi connectivity index (χ1n) is 5.12. The molecule has 2 nitrogen and oxygen atoms in total. The van der Waals surface area contributed by atoms with Crippen molar-refractivity contribution in [2.75, 3.05) is 5.32 Å². The molecule has 2 N–H and O–H groups in total. The lowest BCUT2D eigenvalue weighted by Crippen LogP contribution is -2.00. The van der Waals surface area contributed by atoms with Crippen molar-refractivity contribution in [3.63, 3.8) is 0 Å². The summed E-state index contributed by atoms with van der Waals surface area (Å²) in [6, 6.07) is 10.4. The number of para-hydroxylation sites is 1. The van der Waals surface area contributed by atoms with Crippen molar-refractivity contribution in [2.24, 2.45) is 0 Å². The molecular weight excluding hydrogens is 224 g/mol. The van der Waals surface area contributed by atoms with Crippen molar-refractivity contribution in [2.45, 2.75) is 6.54 Å². The Morgan fingerprint density at radius 3 is 2.47 bits per heavy atom. The van der Waals surface area contributed by atoms with Crippen LogP contribution in [0.25, 0.3) is 0 Å². The predicted octanol–water partition coefficient (Wildman–Crippen LogP) is 3.28. The Labute approximate surface area is 97.5 Å². The SMILES string of the molecule is Oc1ccccc1CNc1ccc(F)c(F)c1. The van der Waals surface area contributed by atoms with Crippen molar-refractivity contribution in [3.05, 3.63) is 59.7 Å². The van der Waals surface area contributed by atoms with E-state index in [-0.39, 0.29) is 5.75 Å². The Hall–Kier alpha value is -2.10. The monoisotopic (exact) mass is 235 g/mol. The Kier molecular flexibility index (Phi) is 3.23. The molecule has 0 bridgehead atoms. The Morgan fingerprint density at radius 2 is 1.76 bits per heavy atom. The van der Waals surface area contributed by atoms with E-state index in [1.807, 2.05) is 0 Å². The third-order valence-electron chi connectivity index (χ3n) is 2.39. The first kappa shape index (κ1) is 11.4. The number of aromatic hydroxyl groups is 1. The van der Waals surface area contributed by atoms with Crippen LogP contribution in [0.3, 0.4) is 0 Å². The van der Waals surface area contributed by atoms with Gasteiger partial charge in [0.1, 0.15) is 5.75 Å². The molecule has 4 heteroatoms. The Morgan fingerprint density at radius 1 is 1.00 bits per heavy atom. The summed E-state index contributed by atoms with van der Waals surface area (Å²) in [7, 11) is 0. The van der Waals surface area contributed by atoms with Crippen LogP contribution in [0.15, 0.2) is 42.5 Å². The van der Waals surface area contributed by atoms with Crippen LogP contribution in [0.2, 0.25) is 0 Å². The van der Waals surface area contributed by atoms with Crippen LogP contribution < -0.4 is 5.32 Å². The Balaban J connectivity index is 2.08. The van der Waals surface area contributed by atoms with Gasteiger partial charge < -0.3 is 10.4 Å². The number of rotatable bonds is 3. The second-order valence-corrected chi connectivity index (χ2v) is 3.61. The van der Waals surface area contributed by atoms with E-state index in [1.165, 1.54) is 6.07 Å². The van der Waals surface area contributed by atoms with Crippen LogP contribution in [-0.2, 0) is 6.54 Å². The lowest BCUT2D eigenvalue weighted by atomic mass is 10.2.